The summed E-state index contributed by atoms with van der Waals surface area (Å²) in [5.74, 6) is 0.795. The molecule has 0 spiro atoms. The highest BCUT2D eigenvalue weighted by molar-refractivity contribution is 5.78. The number of rotatable bonds is 5. The zero-order valence-corrected chi connectivity index (χ0v) is 11.7. The van der Waals surface area contributed by atoms with E-state index in [4.69, 9.17) is 5.73 Å². The molecule has 1 unspecified atom stereocenters. The fraction of sp³-hybridized carbons (Fsp3) is 0.562. The lowest BCUT2D eigenvalue weighted by Gasteiger charge is -2.20. The molecule has 3 N–H and O–H groups in total. The van der Waals surface area contributed by atoms with E-state index in [1.165, 1.54) is 25.7 Å². The molecule has 1 atom stereocenters. The predicted molar refractivity (Wildman–Crippen MR) is 77.6 cm³/mol. The quantitative estimate of drug-likeness (QED) is 0.854. The van der Waals surface area contributed by atoms with Crippen LogP contribution < -0.4 is 11.1 Å². The maximum absolute atomic E-state index is 12.0. The highest BCUT2D eigenvalue weighted by atomic mass is 16.1. The van der Waals surface area contributed by atoms with Gasteiger partial charge in [0.05, 0.1) is 6.42 Å². The number of carbonyl (C=O) groups is 1. The molecule has 1 fully saturated rings. The highest BCUT2D eigenvalue weighted by Gasteiger charge is 2.22. The van der Waals surface area contributed by atoms with Crippen molar-refractivity contribution in [2.45, 2.75) is 51.6 Å². The molecule has 1 aromatic rings. The second-order valence-electron chi connectivity index (χ2n) is 5.60. The molecule has 0 aromatic heterocycles. The standard InChI is InChI=1S/C16H24N2O/c1-12(15-4-2-3-5-15)18-16(19)10-13-6-8-14(11-17)9-7-13/h6-9,12,15H,2-5,10-11,17H2,1H3,(H,18,19). The van der Waals surface area contributed by atoms with E-state index in [1.807, 2.05) is 24.3 Å². The SMILES string of the molecule is CC(NC(=O)Cc1ccc(CN)cc1)C1CCCC1. The van der Waals surface area contributed by atoms with Crippen molar-refractivity contribution in [3.05, 3.63) is 35.4 Å². The molecule has 0 aliphatic heterocycles. The Morgan fingerprint density at radius 1 is 1.26 bits per heavy atom. The second-order valence-corrected chi connectivity index (χ2v) is 5.60. The average molecular weight is 260 g/mol. The van der Waals surface area contributed by atoms with E-state index in [-0.39, 0.29) is 5.91 Å². The molecule has 0 radical (unpaired) electrons. The summed E-state index contributed by atoms with van der Waals surface area (Å²) in [6.07, 6.45) is 5.60. The van der Waals surface area contributed by atoms with E-state index in [9.17, 15) is 4.79 Å². The molecular weight excluding hydrogens is 236 g/mol. The molecular formula is C16H24N2O. The van der Waals surface area contributed by atoms with Crippen LogP contribution in [0.15, 0.2) is 24.3 Å². The Morgan fingerprint density at radius 2 is 1.84 bits per heavy atom. The van der Waals surface area contributed by atoms with Crippen LogP contribution in [-0.2, 0) is 17.8 Å². The van der Waals surface area contributed by atoms with Gasteiger partial charge in [0.1, 0.15) is 0 Å². The molecule has 1 aromatic carbocycles. The molecule has 1 aliphatic carbocycles. The van der Waals surface area contributed by atoms with Gasteiger partial charge in [-0.2, -0.15) is 0 Å². The Kier molecular flexibility index (Phi) is 4.97. The van der Waals surface area contributed by atoms with Crippen molar-refractivity contribution in [1.29, 1.82) is 0 Å². The minimum absolute atomic E-state index is 0.125. The first-order chi connectivity index (χ1) is 9.19. The largest absolute Gasteiger partial charge is 0.353 e. The van der Waals surface area contributed by atoms with Crippen LogP contribution >= 0.6 is 0 Å². The van der Waals surface area contributed by atoms with Crippen molar-refractivity contribution in [2.24, 2.45) is 11.7 Å². The minimum Gasteiger partial charge on any atom is -0.353 e. The molecule has 0 saturated heterocycles. The first kappa shape index (κ1) is 14.1. The minimum atomic E-state index is 0.125. The maximum Gasteiger partial charge on any atom is 0.224 e. The van der Waals surface area contributed by atoms with Gasteiger partial charge in [-0.05, 0) is 36.8 Å². The van der Waals surface area contributed by atoms with Crippen LogP contribution in [-0.4, -0.2) is 11.9 Å². The van der Waals surface area contributed by atoms with Crippen LogP contribution in [0.1, 0.15) is 43.7 Å². The van der Waals surface area contributed by atoms with Gasteiger partial charge in [-0.3, -0.25) is 4.79 Å². The van der Waals surface area contributed by atoms with Crippen molar-refractivity contribution < 1.29 is 4.79 Å². The number of carbonyl (C=O) groups excluding carboxylic acids is 1. The van der Waals surface area contributed by atoms with Gasteiger partial charge in [-0.25, -0.2) is 0 Å². The topological polar surface area (TPSA) is 55.1 Å². The first-order valence-corrected chi connectivity index (χ1v) is 7.26. The number of nitrogens with one attached hydrogen (secondary N) is 1. The van der Waals surface area contributed by atoms with Gasteiger partial charge in [0.15, 0.2) is 0 Å². The van der Waals surface area contributed by atoms with Gasteiger partial charge in [0, 0.05) is 12.6 Å². The molecule has 1 amide bonds. The predicted octanol–water partition coefficient (Wildman–Crippen LogP) is 2.38. The van der Waals surface area contributed by atoms with Crippen molar-refractivity contribution in [3.63, 3.8) is 0 Å². The Bertz CT molecular complexity index is 407. The molecule has 0 bridgehead atoms. The number of benzene rings is 1. The van der Waals surface area contributed by atoms with Gasteiger partial charge in [-0.15, -0.1) is 0 Å². The summed E-state index contributed by atoms with van der Waals surface area (Å²) < 4.78 is 0. The van der Waals surface area contributed by atoms with Gasteiger partial charge in [0.2, 0.25) is 5.91 Å². The third-order valence-corrected chi connectivity index (χ3v) is 4.12. The molecule has 0 heterocycles. The zero-order valence-electron chi connectivity index (χ0n) is 11.7. The van der Waals surface area contributed by atoms with Crippen LogP contribution in [0.25, 0.3) is 0 Å². The molecule has 1 saturated carbocycles. The van der Waals surface area contributed by atoms with Gasteiger partial charge in [0.25, 0.3) is 0 Å². The molecule has 19 heavy (non-hydrogen) atoms. The van der Waals surface area contributed by atoms with Crippen molar-refractivity contribution in [3.8, 4) is 0 Å². The highest BCUT2D eigenvalue weighted by Crippen LogP contribution is 2.27. The Labute approximate surface area is 115 Å². The molecule has 2 rings (SSSR count). The Balaban J connectivity index is 1.82. The van der Waals surface area contributed by atoms with E-state index < -0.39 is 0 Å². The maximum atomic E-state index is 12.0. The number of nitrogens with two attached hydrogens (primary N) is 1. The van der Waals surface area contributed by atoms with E-state index >= 15 is 0 Å². The Hall–Kier alpha value is -1.35. The lowest BCUT2D eigenvalue weighted by molar-refractivity contribution is -0.121. The number of amides is 1. The lowest BCUT2D eigenvalue weighted by atomic mass is 9.99. The van der Waals surface area contributed by atoms with Crippen LogP contribution in [0.4, 0.5) is 0 Å². The molecule has 104 valence electrons. The van der Waals surface area contributed by atoms with Crippen LogP contribution in [0.2, 0.25) is 0 Å². The molecule has 1 aliphatic rings. The fourth-order valence-corrected chi connectivity index (χ4v) is 2.86. The zero-order chi connectivity index (χ0) is 13.7. The van der Waals surface area contributed by atoms with Crippen LogP contribution in [0.5, 0.6) is 0 Å². The van der Waals surface area contributed by atoms with Crippen LogP contribution in [0.3, 0.4) is 0 Å². The Morgan fingerprint density at radius 3 is 2.42 bits per heavy atom. The summed E-state index contributed by atoms with van der Waals surface area (Å²) in [5.41, 5.74) is 7.71. The van der Waals surface area contributed by atoms with Gasteiger partial charge < -0.3 is 11.1 Å². The summed E-state index contributed by atoms with van der Waals surface area (Å²) >= 11 is 0. The summed E-state index contributed by atoms with van der Waals surface area (Å²) in [5, 5.41) is 3.14. The van der Waals surface area contributed by atoms with Crippen molar-refractivity contribution in [1.82, 2.24) is 5.32 Å². The van der Waals surface area contributed by atoms with E-state index in [0.717, 1.165) is 11.1 Å². The molecule has 3 heteroatoms. The summed E-state index contributed by atoms with van der Waals surface area (Å²) in [6.45, 7) is 2.68. The summed E-state index contributed by atoms with van der Waals surface area (Å²) in [7, 11) is 0. The third kappa shape index (κ3) is 4.06. The van der Waals surface area contributed by atoms with E-state index in [1.54, 1.807) is 0 Å². The average Bonchev–Trinajstić information content (AvgIpc) is 2.93. The second kappa shape index (κ2) is 6.71. The van der Waals surface area contributed by atoms with Crippen LogP contribution in [0, 0.1) is 5.92 Å². The summed E-state index contributed by atoms with van der Waals surface area (Å²) in [6, 6.07) is 8.26. The lowest BCUT2D eigenvalue weighted by Crippen LogP contribution is -2.38. The normalized spacial score (nSPS) is 17.4. The number of hydrogen-bond acceptors (Lipinski definition) is 2. The smallest absolute Gasteiger partial charge is 0.224 e. The van der Waals surface area contributed by atoms with Crippen molar-refractivity contribution >= 4 is 5.91 Å². The van der Waals surface area contributed by atoms with Crippen molar-refractivity contribution in [2.75, 3.05) is 0 Å². The fourth-order valence-electron chi connectivity index (χ4n) is 2.86. The summed E-state index contributed by atoms with van der Waals surface area (Å²) in [4.78, 5) is 12.0. The molecule has 3 nitrogen and oxygen atoms in total. The van der Waals surface area contributed by atoms with E-state index in [0.29, 0.717) is 24.9 Å². The monoisotopic (exact) mass is 260 g/mol. The number of hydrogen-bond donors (Lipinski definition) is 2. The van der Waals surface area contributed by atoms with Gasteiger partial charge in [-0.1, -0.05) is 37.1 Å². The van der Waals surface area contributed by atoms with E-state index in [2.05, 4.69) is 12.2 Å². The first-order valence-electron chi connectivity index (χ1n) is 7.26. The van der Waals surface area contributed by atoms with Gasteiger partial charge >= 0.3 is 0 Å². The third-order valence-electron chi connectivity index (χ3n) is 4.12.